The zero-order chi connectivity index (χ0) is 18.7. The number of hydrogen-bond acceptors (Lipinski definition) is 5. The van der Waals surface area contributed by atoms with Crippen molar-refractivity contribution < 1.29 is 14.1 Å². The molecule has 0 bridgehead atoms. The molecule has 1 amide bonds. The first-order chi connectivity index (χ1) is 12.5. The molecule has 0 radical (unpaired) electrons. The molecule has 1 fully saturated rings. The number of amides is 1. The summed E-state index contributed by atoms with van der Waals surface area (Å²) in [5.41, 5.74) is 2.64. The summed E-state index contributed by atoms with van der Waals surface area (Å²) in [7, 11) is 0. The lowest BCUT2D eigenvalue weighted by molar-refractivity contribution is 0.0467. The van der Waals surface area contributed by atoms with Gasteiger partial charge in [-0.3, -0.25) is 4.79 Å². The summed E-state index contributed by atoms with van der Waals surface area (Å²) in [5.74, 6) is 1.45. The summed E-state index contributed by atoms with van der Waals surface area (Å²) in [6, 6.07) is 5.57. The molecule has 2 aromatic rings. The van der Waals surface area contributed by atoms with Crippen LogP contribution < -0.4 is 5.32 Å². The van der Waals surface area contributed by atoms with Crippen LogP contribution >= 0.6 is 0 Å². The highest BCUT2D eigenvalue weighted by atomic mass is 16.5. The number of aryl methyl sites for hydroxylation is 2. The van der Waals surface area contributed by atoms with Gasteiger partial charge in [-0.1, -0.05) is 37.2 Å². The first-order valence-electron chi connectivity index (χ1n) is 9.25. The number of carbonyl (C=O) groups excluding carboxylic acids is 1. The molecule has 0 unspecified atom stereocenters. The number of benzene rings is 1. The Morgan fingerprint density at radius 2 is 1.85 bits per heavy atom. The highest BCUT2D eigenvalue weighted by molar-refractivity contribution is 5.97. The van der Waals surface area contributed by atoms with E-state index in [4.69, 9.17) is 9.26 Å². The molecule has 6 heteroatoms. The fourth-order valence-electron chi connectivity index (χ4n) is 3.42. The van der Waals surface area contributed by atoms with Gasteiger partial charge in [-0.15, -0.1) is 0 Å². The number of rotatable bonds is 5. The summed E-state index contributed by atoms with van der Waals surface area (Å²) in [6.07, 6.45) is 1.72. The molecule has 140 valence electrons. The maximum Gasteiger partial charge on any atom is 0.252 e. The average Bonchev–Trinajstić information content (AvgIpc) is 3.10. The van der Waals surface area contributed by atoms with Crippen LogP contribution in [0.4, 0.5) is 0 Å². The second-order valence-corrected chi connectivity index (χ2v) is 7.31. The Labute approximate surface area is 154 Å². The van der Waals surface area contributed by atoms with Crippen molar-refractivity contribution in [3.63, 3.8) is 0 Å². The van der Waals surface area contributed by atoms with Gasteiger partial charge < -0.3 is 14.6 Å². The molecule has 1 atom stereocenters. The molecule has 1 aliphatic rings. The molecule has 6 nitrogen and oxygen atoms in total. The van der Waals surface area contributed by atoms with Gasteiger partial charge in [-0.2, -0.15) is 4.98 Å². The lowest BCUT2D eigenvalue weighted by Gasteiger charge is -2.29. The van der Waals surface area contributed by atoms with Gasteiger partial charge in [0.1, 0.15) is 6.04 Å². The van der Waals surface area contributed by atoms with Crippen LogP contribution in [0.1, 0.15) is 71.8 Å². The van der Waals surface area contributed by atoms with E-state index >= 15 is 0 Å². The van der Waals surface area contributed by atoms with Crippen molar-refractivity contribution in [2.45, 2.75) is 52.5 Å². The number of ether oxygens (including phenoxy) is 1. The Hall–Kier alpha value is -2.21. The van der Waals surface area contributed by atoms with E-state index in [1.807, 2.05) is 45.9 Å². The minimum atomic E-state index is -0.301. The minimum Gasteiger partial charge on any atom is -0.381 e. The first-order valence-corrected chi connectivity index (χ1v) is 9.25. The molecule has 1 aromatic heterocycles. The van der Waals surface area contributed by atoms with Gasteiger partial charge in [0.2, 0.25) is 5.89 Å². The third kappa shape index (κ3) is 3.96. The largest absolute Gasteiger partial charge is 0.381 e. The van der Waals surface area contributed by atoms with Gasteiger partial charge in [-0.05, 0) is 43.7 Å². The van der Waals surface area contributed by atoms with Crippen LogP contribution in [0, 0.1) is 19.8 Å². The molecular weight excluding hydrogens is 330 g/mol. The molecule has 0 saturated carbocycles. The third-order valence-electron chi connectivity index (χ3n) is 4.97. The fraction of sp³-hybridized carbons (Fsp3) is 0.550. The number of hydrogen-bond donors (Lipinski definition) is 1. The quantitative estimate of drug-likeness (QED) is 0.883. The Bertz CT molecular complexity index is 743. The highest BCUT2D eigenvalue weighted by Gasteiger charge is 2.32. The zero-order valence-corrected chi connectivity index (χ0v) is 15.9. The zero-order valence-electron chi connectivity index (χ0n) is 15.9. The monoisotopic (exact) mass is 357 g/mol. The van der Waals surface area contributed by atoms with E-state index in [0.29, 0.717) is 30.5 Å². The van der Waals surface area contributed by atoms with Crippen LogP contribution in [-0.2, 0) is 4.74 Å². The number of carbonyl (C=O) groups is 1. The molecule has 1 saturated heterocycles. The maximum absolute atomic E-state index is 13.0. The Kier molecular flexibility index (Phi) is 5.71. The number of nitrogens with zero attached hydrogens (tertiary/aromatic N) is 2. The van der Waals surface area contributed by atoms with E-state index in [1.54, 1.807) is 0 Å². The number of nitrogens with one attached hydrogen (secondary N) is 1. The molecular formula is C20H27N3O3. The highest BCUT2D eigenvalue weighted by Crippen LogP contribution is 2.30. The summed E-state index contributed by atoms with van der Waals surface area (Å²) in [5, 5.41) is 7.24. The van der Waals surface area contributed by atoms with Crippen molar-refractivity contribution in [2.24, 2.45) is 5.92 Å². The topological polar surface area (TPSA) is 77.3 Å². The van der Waals surface area contributed by atoms with E-state index in [9.17, 15) is 4.79 Å². The second-order valence-electron chi connectivity index (χ2n) is 7.31. The van der Waals surface area contributed by atoms with Crippen molar-refractivity contribution in [1.82, 2.24) is 15.5 Å². The smallest absolute Gasteiger partial charge is 0.252 e. The molecule has 3 rings (SSSR count). The van der Waals surface area contributed by atoms with Crippen LogP contribution in [0.3, 0.4) is 0 Å². The maximum atomic E-state index is 13.0. The van der Waals surface area contributed by atoms with Crippen LogP contribution in [0.25, 0.3) is 0 Å². The van der Waals surface area contributed by atoms with E-state index in [2.05, 4.69) is 15.5 Å². The average molecular weight is 357 g/mol. The van der Waals surface area contributed by atoms with E-state index < -0.39 is 0 Å². The summed E-state index contributed by atoms with van der Waals surface area (Å²) in [6.45, 7) is 9.32. The fourth-order valence-corrected chi connectivity index (χ4v) is 3.42. The van der Waals surface area contributed by atoms with Crippen molar-refractivity contribution in [1.29, 1.82) is 0 Å². The van der Waals surface area contributed by atoms with Crippen molar-refractivity contribution in [2.75, 3.05) is 13.2 Å². The lowest BCUT2D eigenvalue weighted by Crippen LogP contribution is -2.36. The molecule has 2 heterocycles. The first kappa shape index (κ1) is 18.6. The van der Waals surface area contributed by atoms with E-state index in [0.717, 1.165) is 24.0 Å². The normalized spacial score (nSPS) is 16.7. The van der Waals surface area contributed by atoms with Crippen LogP contribution in [-0.4, -0.2) is 29.3 Å². The second kappa shape index (κ2) is 7.99. The molecule has 0 aliphatic carbocycles. The molecule has 1 aliphatic heterocycles. The SMILES string of the molecule is Cc1cccc(C)c1C(=O)N[C@@H](c1nc(C(C)C)no1)C1CCOCC1. The van der Waals surface area contributed by atoms with Gasteiger partial charge in [0, 0.05) is 24.7 Å². The van der Waals surface area contributed by atoms with Crippen molar-refractivity contribution in [3.05, 3.63) is 46.6 Å². The molecule has 1 aromatic carbocycles. The van der Waals surface area contributed by atoms with E-state index in [1.165, 1.54) is 0 Å². The Balaban J connectivity index is 1.88. The van der Waals surface area contributed by atoms with Crippen LogP contribution in [0.5, 0.6) is 0 Å². The van der Waals surface area contributed by atoms with Crippen LogP contribution in [0.15, 0.2) is 22.7 Å². The van der Waals surface area contributed by atoms with Crippen molar-refractivity contribution >= 4 is 5.91 Å². The van der Waals surface area contributed by atoms with Gasteiger partial charge in [0.05, 0.1) is 0 Å². The van der Waals surface area contributed by atoms with Crippen LogP contribution in [0.2, 0.25) is 0 Å². The van der Waals surface area contributed by atoms with E-state index in [-0.39, 0.29) is 23.8 Å². The third-order valence-corrected chi connectivity index (χ3v) is 4.97. The van der Waals surface area contributed by atoms with Gasteiger partial charge in [0.15, 0.2) is 5.82 Å². The summed E-state index contributed by atoms with van der Waals surface area (Å²) >= 11 is 0. The van der Waals surface area contributed by atoms with Gasteiger partial charge in [-0.25, -0.2) is 0 Å². The van der Waals surface area contributed by atoms with Gasteiger partial charge in [0.25, 0.3) is 5.91 Å². The molecule has 26 heavy (non-hydrogen) atoms. The minimum absolute atomic E-state index is 0.0959. The number of aromatic nitrogens is 2. The Morgan fingerprint density at radius 3 is 2.42 bits per heavy atom. The lowest BCUT2D eigenvalue weighted by atomic mass is 9.91. The summed E-state index contributed by atoms with van der Waals surface area (Å²) in [4.78, 5) is 17.6. The standard InChI is InChI=1S/C20H27N3O3/c1-12(2)18-22-20(26-23-18)17(15-8-10-25-11-9-15)21-19(24)16-13(3)6-5-7-14(16)4/h5-7,12,15,17H,8-11H2,1-4H3,(H,21,24)/t17-/m1/s1. The Morgan fingerprint density at radius 1 is 1.19 bits per heavy atom. The molecule has 1 N–H and O–H groups in total. The summed E-state index contributed by atoms with van der Waals surface area (Å²) < 4.78 is 11.0. The predicted molar refractivity (Wildman–Crippen MR) is 98.1 cm³/mol. The molecule has 0 spiro atoms. The van der Waals surface area contributed by atoms with Crippen molar-refractivity contribution in [3.8, 4) is 0 Å². The van der Waals surface area contributed by atoms with Gasteiger partial charge >= 0.3 is 0 Å². The predicted octanol–water partition coefficient (Wildman–Crippen LogP) is 3.71.